The molecular formula is C16H19NO. The van der Waals surface area contributed by atoms with Gasteiger partial charge in [0.15, 0.2) is 0 Å². The molecule has 0 aliphatic heterocycles. The van der Waals surface area contributed by atoms with Crippen LogP contribution in [-0.2, 0) is 6.42 Å². The summed E-state index contributed by atoms with van der Waals surface area (Å²) in [5, 5.41) is 3.36. The van der Waals surface area contributed by atoms with Crippen LogP contribution in [0, 0.1) is 0 Å². The second kappa shape index (κ2) is 6.70. The van der Waals surface area contributed by atoms with Gasteiger partial charge in [0, 0.05) is 12.2 Å². The van der Waals surface area contributed by atoms with E-state index in [0.29, 0.717) is 6.61 Å². The summed E-state index contributed by atoms with van der Waals surface area (Å²) in [7, 11) is 0. The number of aryl methyl sites for hydroxylation is 1. The van der Waals surface area contributed by atoms with Crippen molar-refractivity contribution < 1.29 is 4.74 Å². The Morgan fingerprint density at radius 3 is 2.61 bits per heavy atom. The molecule has 0 bridgehead atoms. The van der Waals surface area contributed by atoms with Crippen molar-refractivity contribution in [2.45, 2.75) is 13.3 Å². The molecule has 0 saturated carbocycles. The molecule has 0 heterocycles. The maximum Gasteiger partial charge on any atom is 0.119 e. The van der Waals surface area contributed by atoms with Crippen molar-refractivity contribution in [2.24, 2.45) is 0 Å². The summed E-state index contributed by atoms with van der Waals surface area (Å²) >= 11 is 0. The summed E-state index contributed by atoms with van der Waals surface area (Å²) in [6.45, 7) is 3.64. The Kier molecular flexibility index (Phi) is 4.65. The summed E-state index contributed by atoms with van der Waals surface area (Å²) in [5.74, 6) is 0.918. The topological polar surface area (TPSA) is 21.3 Å². The van der Waals surface area contributed by atoms with E-state index in [2.05, 4.69) is 36.5 Å². The number of hydrogen-bond donors (Lipinski definition) is 1. The Labute approximate surface area is 109 Å². The van der Waals surface area contributed by atoms with Gasteiger partial charge >= 0.3 is 0 Å². The van der Waals surface area contributed by atoms with E-state index in [0.717, 1.165) is 24.4 Å². The third kappa shape index (κ3) is 3.81. The van der Waals surface area contributed by atoms with Gasteiger partial charge in [-0.15, -0.1) is 0 Å². The van der Waals surface area contributed by atoms with Gasteiger partial charge in [0.25, 0.3) is 0 Å². The van der Waals surface area contributed by atoms with Crippen LogP contribution in [0.1, 0.15) is 12.5 Å². The molecule has 0 unspecified atom stereocenters. The average Bonchev–Trinajstić information content (AvgIpc) is 2.45. The molecule has 2 aromatic carbocycles. The first kappa shape index (κ1) is 12.5. The lowest BCUT2D eigenvalue weighted by molar-refractivity contribution is 0.333. The summed E-state index contributed by atoms with van der Waals surface area (Å²) < 4.78 is 5.62. The smallest absolute Gasteiger partial charge is 0.119 e. The zero-order chi connectivity index (χ0) is 12.6. The van der Waals surface area contributed by atoms with Crippen LogP contribution in [-0.4, -0.2) is 13.2 Å². The van der Waals surface area contributed by atoms with Gasteiger partial charge in [0.2, 0.25) is 0 Å². The van der Waals surface area contributed by atoms with E-state index in [1.807, 2.05) is 30.3 Å². The van der Waals surface area contributed by atoms with Gasteiger partial charge < -0.3 is 10.1 Å². The van der Waals surface area contributed by atoms with E-state index in [9.17, 15) is 0 Å². The minimum absolute atomic E-state index is 0.667. The van der Waals surface area contributed by atoms with Crippen molar-refractivity contribution in [2.75, 3.05) is 18.5 Å². The highest BCUT2D eigenvalue weighted by Crippen LogP contribution is 2.11. The van der Waals surface area contributed by atoms with Crippen molar-refractivity contribution in [1.82, 2.24) is 0 Å². The largest absolute Gasteiger partial charge is 0.492 e. The number of rotatable bonds is 6. The van der Waals surface area contributed by atoms with Gasteiger partial charge in [0.1, 0.15) is 12.4 Å². The summed E-state index contributed by atoms with van der Waals surface area (Å²) in [6, 6.07) is 18.4. The number of benzene rings is 2. The molecule has 0 radical (unpaired) electrons. The molecule has 0 fully saturated rings. The molecule has 2 heteroatoms. The molecule has 0 amide bonds. The summed E-state index contributed by atoms with van der Waals surface area (Å²) in [5.41, 5.74) is 2.51. The Hall–Kier alpha value is -1.96. The Balaban J connectivity index is 1.75. The van der Waals surface area contributed by atoms with Gasteiger partial charge in [-0.1, -0.05) is 37.3 Å². The molecule has 2 aromatic rings. The average molecular weight is 241 g/mol. The fourth-order valence-corrected chi connectivity index (χ4v) is 1.78. The Morgan fingerprint density at radius 2 is 1.83 bits per heavy atom. The highest BCUT2D eigenvalue weighted by atomic mass is 16.5. The minimum atomic E-state index is 0.667. The quantitative estimate of drug-likeness (QED) is 0.778. The first-order valence-corrected chi connectivity index (χ1v) is 6.39. The van der Waals surface area contributed by atoms with Crippen LogP contribution in [0.4, 0.5) is 5.69 Å². The molecule has 0 aromatic heterocycles. The molecule has 2 rings (SSSR count). The number of anilines is 1. The SMILES string of the molecule is CCc1cccc(NCCOc2ccccc2)c1. The fraction of sp³-hybridized carbons (Fsp3) is 0.250. The third-order valence-electron chi connectivity index (χ3n) is 2.78. The lowest BCUT2D eigenvalue weighted by Crippen LogP contribution is -2.11. The number of nitrogens with one attached hydrogen (secondary N) is 1. The standard InChI is InChI=1S/C16H19NO/c1-2-14-7-6-8-15(13-14)17-11-12-18-16-9-4-3-5-10-16/h3-10,13,17H,2,11-12H2,1H3. The van der Waals surface area contributed by atoms with E-state index in [-0.39, 0.29) is 0 Å². The lowest BCUT2D eigenvalue weighted by atomic mass is 10.1. The second-order valence-electron chi connectivity index (χ2n) is 4.14. The van der Waals surface area contributed by atoms with Crippen LogP contribution in [0.5, 0.6) is 5.75 Å². The Bertz CT molecular complexity index is 468. The van der Waals surface area contributed by atoms with Crippen LogP contribution < -0.4 is 10.1 Å². The van der Waals surface area contributed by atoms with Gasteiger partial charge in [0.05, 0.1) is 0 Å². The lowest BCUT2D eigenvalue weighted by Gasteiger charge is -2.09. The normalized spacial score (nSPS) is 10.1. The zero-order valence-corrected chi connectivity index (χ0v) is 10.7. The molecule has 0 aliphatic carbocycles. The maximum absolute atomic E-state index is 5.62. The van der Waals surface area contributed by atoms with Gasteiger partial charge in [-0.05, 0) is 36.2 Å². The third-order valence-corrected chi connectivity index (χ3v) is 2.78. The van der Waals surface area contributed by atoms with Crippen LogP contribution in [0.3, 0.4) is 0 Å². The number of hydrogen-bond acceptors (Lipinski definition) is 2. The van der Waals surface area contributed by atoms with E-state index < -0.39 is 0 Å². The van der Waals surface area contributed by atoms with E-state index in [1.54, 1.807) is 0 Å². The van der Waals surface area contributed by atoms with Crippen molar-refractivity contribution in [3.05, 3.63) is 60.2 Å². The van der Waals surface area contributed by atoms with Crippen molar-refractivity contribution >= 4 is 5.69 Å². The van der Waals surface area contributed by atoms with Gasteiger partial charge in [-0.3, -0.25) is 0 Å². The highest BCUT2D eigenvalue weighted by molar-refractivity contribution is 5.45. The highest BCUT2D eigenvalue weighted by Gasteiger charge is 1.94. The van der Waals surface area contributed by atoms with Crippen LogP contribution in [0.2, 0.25) is 0 Å². The molecule has 2 nitrogen and oxygen atoms in total. The zero-order valence-electron chi connectivity index (χ0n) is 10.7. The van der Waals surface area contributed by atoms with Gasteiger partial charge in [-0.25, -0.2) is 0 Å². The van der Waals surface area contributed by atoms with Gasteiger partial charge in [-0.2, -0.15) is 0 Å². The van der Waals surface area contributed by atoms with Crippen molar-refractivity contribution in [1.29, 1.82) is 0 Å². The molecule has 0 saturated heterocycles. The molecule has 1 N–H and O–H groups in total. The second-order valence-corrected chi connectivity index (χ2v) is 4.14. The molecule has 0 aliphatic rings. The molecular weight excluding hydrogens is 222 g/mol. The first-order valence-electron chi connectivity index (χ1n) is 6.39. The molecule has 0 spiro atoms. The summed E-state index contributed by atoms with van der Waals surface area (Å²) in [6.07, 6.45) is 1.07. The number of ether oxygens (including phenoxy) is 1. The number of para-hydroxylation sites is 1. The summed E-state index contributed by atoms with van der Waals surface area (Å²) in [4.78, 5) is 0. The van der Waals surface area contributed by atoms with E-state index in [4.69, 9.17) is 4.74 Å². The van der Waals surface area contributed by atoms with Crippen LogP contribution >= 0.6 is 0 Å². The first-order chi connectivity index (χ1) is 8.88. The van der Waals surface area contributed by atoms with Crippen LogP contribution in [0.25, 0.3) is 0 Å². The predicted octanol–water partition coefficient (Wildman–Crippen LogP) is 3.74. The van der Waals surface area contributed by atoms with Crippen molar-refractivity contribution in [3.8, 4) is 5.75 Å². The monoisotopic (exact) mass is 241 g/mol. The van der Waals surface area contributed by atoms with Crippen molar-refractivity contribution in [3.63, 3.8) is 0 Å². The minimum Gasteiger partial charge on any atom is -0.492 e. The molecule has 94 valence electrons. The molecule has 18 heavy (non-hydrogen) atoms. The van der Waals surface area contributed by atoms with E-state index >= 15 is 0 Å². The molecule has 0 atom stereocenters. The maximum atomic E-state index is 5.62. The van der Waals surface area contributed by atoms with E-state index in [1.165, 1.54) is 5.56 Å². The Morgan fingerprint density at radius 1 is 1.00 bits per heavy atom. The van der Waals surface area contributed by atoms with Crippen LogP contribution in [0.15, 0.2) is 54.6 Å². The predicted molar refractivity (Wildman–Crippen MR) is 76.2 cm³/mol. The fourth-order valence-electron chi connectivity index (χ4n) is 1.78.